The second kappa shape index (κ2) is 7.35. The molecule has 0 saturated carbocycles. The number of nitrogens with zero attached hydrogens (tertiary/aromatic N) is 1. The van der Waals surface area contributed by atoms with Gasteiger partial charge in [-0.1, -0.05) is 34.8 Å². The summed E-state index contributed by atoms with van der Waals surface area (Å²) in [5.41, 5.74) is 3.42. The van der Waals surface area contributed by atoms with E-state index in [4.69, 9.17) is 43.6 Å². The van der Waals surface area contributed by atoms with Crippen molar-refractivity contribution in [3.8, 4) is 11.3 Å². The Balaban J connectivity index is 1.73. The maximum atomic E-state index is 11.9. The van der Waals surface area contributed by atoms with Crippen LogP contribution in [-0.4, -0.2) is 12.1 Å². The number of hydrogen-bond donors (Lipinski definition) is 1. The van der Waals surface area contributed by atoms with Gasteiger partial charge in [-0.25, -0.2) is 5.43 Å². The monoisotopic (exact) mass is 396 g/mol. The molecule has 5 nitrogen and oxygen atoms in total. The van der Waals surface area contributed by atoms with Crippen molar-refractivity contribution in [3.05, 3.63) is 68.7 Å². The first-order chi connectivity index (χ1) is 12.0. The van der Waals surface area contributed by atoms with Gasteiger partial charge in [-0.05, 0) is 37.3 Å². The first-order valence-electron chi connectivity index (χ1n) is 7.08. The fourth-order valence-corrected chi connectivity index (χ4v) is 2.75. The molecule has 1 N–H and O–H groups in total. The van der Waals surface area contributed by atoms with E-state index in [-0.39, 0.29) is 5.91 Å². The summed E-state index contributed by atoms with van der Waals surface area (Å²) in [5, 5.41) is 5.01. The molecule has 3 aromatic rings. The van der Waals surface area contributed by atoms with Gasteiger partial charge < -0.3 is 8.83 Å². The molecule has 0 radical (unpaired) electrons. The zero-order valence-electron chi connectivity index (χ0n) is 12.8. The van der Waals surface area contributed by atoms with E-state index in [0.29, 0.717) is 43.5 Å². The van der Waals surface area contributed by atoms with Crippen molar-refractivity contribution in [3.63, 3.8) is 0 Å². The lowest BCUT2D eigenvalue weighted by Gasteiger charge is -2.03. The van der Waals surface area contributed by atoms with Crippen molar-refractivity contribution in [2.45, 2.75) is 6.92 Å². The molecule has 0 unspecified atom stereocenters. The van der Waals surface area contributed by atoms with Crippen molar-refractivity contribution in [2.24, 2.45) is 5.10 Å². The molecule has 3 rings (SSSR count). The van der Waals surface area contributed by atoms with Crippen LogP contribution in [0.2, 0.25) is 15.1 Å². The number of amides is 1. The van der Waals surface area contributed by atoms with Crippen molar-refractivity contribution in [1.82, 2.24) is 5.43 Å². The second-order valence-corrected chi connectivity index (χ2v) is 6.26. The Hall–Kier alpha value is -2.21. The number of carbonyl (C=O) groups is 1. The number of rotatable bonds is 4. The highest BCUT2D eigenvalue weighted by atomic mass is 35.5. The van der Waals surface area contributed by atoms with E-state index in [1.54, 1.807) is 37.3 Å². The molecule has 0 bridgehead atoms. The lowest BCUT2D eigenvalue weighted by atomic mass is 10.2. The Labute approximate surface area is 158 Å². The Morgan fingerprint density at radius 3 is 2.60 bits per heavy atom. The molecule has 1 aromatic carbocycles. The normalized spacial score (nSPS) is 11.2. The van der Waals surface area contributed by atoms with Gasteiger partial charge in [0.25, 0.3) is 5.91 Å². The van der Waals surface area contributed by atoms with Crippen LogP contribution in [0.15, 0.2) is 50.5 Å². The molecule has 0 aliphatic carbocycles. The predicted molar refractivity (Wildman–Crippen MR) is 97.7 cm³/mol. The third-order valence-electron chi connectivity index (χ3n) is 3.36. The number of carbonyl (C=O) groups excluding carboxylic acids is 1. The van der Waals surface area contributed by atoms with Crippen LogP contribution < -0.4 is 5.43 Å². The molecule has 2 aromatic heterocycles. The summed E-state index contributed by atoms with van der Waals surface area (Å²) in [6, 6.07) is 8.14. The van der Waals surface area contributed by atoms with Crippen molar-refractivity contribution >= 4 is 46.9 Å². The molecule has 128 valence electrons. The Morgan fingerprint density at radius 1 is 1.12 bits per heavy atom. The summed E-state index contributed by atoms with van der Waals surface area (Å²) in [5.74, 6) is 1.08. The summed E-state index contributed by atoms with van der Waals surface area (Å²) in [4.78, 5) is 11.9. The predicted octanol–water partition coefficient (Wildman–Crippen LogP) is 5.57. The number of nitrogens with one attached hydrogen (secondary N) is 1. The highest BCUT2D eigenvalue weighted by Crippen LogP contribution is 2.35. The van der Waals surface area contributed by atoms with E-state index in [1.165, 1.54) is 12.5 Å². The number of hydrogen-bond acceptors (Lipinski definition) is 4. The maximum absolute atomic E-state index is 11.9. The minimum absolute atomic E-state index is 0.362. The second-order valence-electron chi connectivity index (χ2n) is 5.04. The highest BCUT2D eigenvalue weighted by Gasteiger charge is 2.12. The van der Waals surface area contributed by atoms with Crippen LogP contribution in [0.3, 0.4) is 0 Å². The minimum atomic E-state index is -0.373. The van der Waals surface area contributed by atoms with Crippen LogP contribution in [0.5, 0.6) is 0 Å². The molecule has 8 heteroatoms. The van der Waals surface area contributed by atoms with Crippen LogP contribution >= 0.6 is 34.8 Å². The molecule has 0 saturated heterocycles. The van der Waals surface area contributed by atoms with E-state index in [2.05, 4.69) is 10.5 Å². The quantitative estimate of drug-likeness (QED) is 0.355. The zero-order valence-corrected chi connectivity index (χ0v) is 15.1. The van der Waals surface area contributed by atoms with Crippen LogP contribution in [0.1, 0.15) is 21.9 Å². The fourth-order valence-electron chi connectivity index (χ4n) is 2.11. The van der Waals surface area contributed by atoms with Gasteiger partial charge in [-0.15, -0.1) is 0 Å². The van der Waals surface area contributed by atoms with Gasteiger partial charge in [-0.2, -0.15) is 5.10 Å². The third-order valence-corrected chi connectivity index (χ3v) is 4.40. The molecule has 0 spiro atoms. The van der Waals surface area contributed by atoms with Gasteiger partial charge >= 0.3 is 0 Å². The molecule has 0 aliphatic heterocycles. The molecule has 0 fully saturated rings. The van der Waals surface area contributed by atoms with Gasteiger partial charge in [0.2, 0.25) is 0 Å². The largest absolute Gasteiger partial charge is 0.469 e. The SMILES string of the molecule is Cc1occc1C(=O)N/N=C\c1ccc(-c2cc(Cl)c(Cl)cc2Cl)o1. The first-order valence-corrected chi connectivity index (χ1v) is 8.21. The van der Waals surface area contributed by atoms with Crippen molar-refractivity contribution < 1.29 is 13.6 Å². The molecule has 0 atom stereocenters. The summed E-state index contributed by atoms with van der Waals surface area (Å²) in [6.45, 7) is 1.69. The van der Waals surface area contributed by atoms with Crippen LogP contribution in [-0.2, 0) is 0 Å². The van der Waals surface area contributed by atoms with E-state index in [0.717, 1.165) is 0 Å². The molecule has 1 amide bonds. The lowest BCUT2D eigenvalue weighted by Crippen LogP contribution is -2.17. The smallest absolute Gasteiger partial charge is 0.274 e. The van der Waals surface area contributed by atoms with Crippen LogP contribution in [0.4, 0.5) is 0 Å². The summed E-state index contributed by atoms with van der Waals surface area (Å²) in [6.07, 6.45) is 2.82. The van der Waals surface area contributed by atoms with E-state index < -0.39 is 0 Å². The van der Waals surface area contributed by atoms with E-state index >= 15 is 0 Å². The van der Waals surface area contributed by atoms with Gasteiger partial charge in [0.05, 0.1) is 33.1 Å². The highest BCUT2D eigenvalue weighted by molar-refractivity contribution is 6.44. The van der Waals surface area contributed by atoms with Gasteiger partial charge in [0.1, 0.15) is 17.3 Å². The van der Waals surface area contributed by atoms with Crippen molar-refractivity contribution in [1.29, 1.82) is 0 Å². The molecular weight excluding hydrogens is 387 g/mol. The summed E-state index contributed by atoms with van der Waals surface area (Å²) in [7, 11) is 0. The number of hydrazone groups is 1. The number of benzene rings is 1. The van der Waals surface area contributed by atoms with Gasteiger partial charge in [0, 0.05) is 5.56 Å². The summed E-state index contributed by atoms with van der Waals surface area (Å²) >= 11 is 18.1. The topological polar surface area (TPSA) is 67.7 Å². The number of halogens is 3. The maximum Gasteiger partial charge on any atom is 0.274 e. The summed E-state index contributed by atoms with van der Waals surface area (Å²) < 4.78 is 10.7. The first kappa shape index (κ1) is 17.6. The Bertz CT molecular complexity index is 960. The number of furan rings is 2. The number of aryl methyl sites for hydroxylation is 1. The van der Waals surface area contributed by atoms with E-state index in [9.17, 15) is 4.79 Å². The van der Waals surface area contributed by atoms with Gasteiger partial charge in [0.15, 0.2) is 0 Å². The fraction of sp³-hybridized carbons (Fsp3) is 0.0588. The Morgan fingerprint density at radius 2 is 1.88 bits per heavy atom. The van der Waals surface area contributed by atoms with Crippen LogP contribution in [0, 0.1) is 6.92 Å². The molecule has 25 heavy (non-hydrogen) atoms. The van der Waals surface area contributed by atoms with Crippen LogP contribution in [0.25, 0.3) is 11.3 Å². The molecular formula is C17H11Cl3N2O3. The minimum Gasteiger partial charge on any atom is -0.469 e. The zero-order chi connectivity index (χ0) is 18.0. The Kier molecular flexibility index (Phi) is 5.18. The van der Waals surface area contributed by atoms with Gasteiger partial charge in [-0.3, -0.25) is 4.79 Å². The van der Waals surface area contributed by atoms with Crippen molar-refractivity contribution in [2.75, 3.05) is 0 Å². The average Bonchev–Trinajstić information content (AvgIpc) is 3.20. The standard InChI is InChI=1S/C17H11Cl3N2O3/c1-9-11(4-5-24-9)17(23)22-21-8-10-2-3-16(25-10)12-6-14(19)15(20)7-13(12)18/h2-8H,1H3,(H,22,23)/b21-8-. The molecule has 0 aliphatic rings. The average molecular weight is 398 g/mol. The third kappa shape index (κ3) is 3.90. The van der Waals surface area contributed by atoms with E-state index in [1.807, 2.05) is 0 Å². The molecule has 2 heterocycles. The lowest BCUT2D eigenvalue weighted by molar-refractivity contribution is 0.0953.